The van der Waals surface area contributed by atoms with Crippen LogP contribution in [0.5, 0.6) is 0 Å². The molecule has 7 nitrogen and oxygen atoms in total. The maximum absolute atomic E-state index is 12.6. The Morgan fingerprint density at radius 1 is 1.14 bits per heavy atom. The van der Waals surface area contributed by atoms with Gasteiger partial charge in [0.25, 0.3) is 10.0 Å². The van der Waals surface area contributed by atoms with E-state index < -0.39 is 15.8 Å². The Labute approximate surface area is 163 Å². The molecule has 28 heavy (non-hydrogen) atoms. The third-order valence-electron chi connectivity index (χ3n) is 5.19. The zero-order valence-corrected chi connectivity index (χ0v) is 16.5. The van der Waals surface area contributed by atoms with Gasteiger partial charge in [-0.3, -0.25) is 14.6 Å². The van der Waals surface area contributed by atoms with Crippen molar-refractivity contribution in [2.45, 2.75) is 31.2 Å². The summed E-state index contributed by atoms with van der Waals surface area (Å²) in [6, 6.07) is 11.7. The minimum Gasteiger partial charge on any atom is -0.408 e. The van der Waals surface area contributed by atoms with Crippen LogP contribution in [0.1, 0.15) is 25.3 Å². The number of anilines is 1. The van der Waals surface area contributed by atoms with Gasteiger partial charge in [-0.1, -0.05) is 19.1 Å². The second kappa shape index (κ2) is 7.44. The quantitative estimate of drug-likeness (QED) is 0.685. The van der Waals surface area contributed by atoms with Gasteiger partial charge in [0.1, 0.15) is 0 Å². The fraction of sp³-hybridized carbons (Fsp3) is 0.350. The number of sulfonamides is 1. The Kier molecular flexibility index (Phi) is 4.99. The Morgan fingerprint density at radius 3 is 2.57 bits per heavy atom. The fourth-order valence-corrected chi connectivity index (χ4v) is 4.54. The van der Waals surface area contributed by atoms with Gasteiger partial charge in [-0.25, -0.2) is 13.2 Å². The van der Waals surface area contributed by atoms with Gasteiger partial charge in [-0.2, -0.15) is 0 Å². The van der Waals surface area contributed by atoms with Crippen LogP contribution in [0, 0.1) is 5.92 Å². The highest BCUT2D eigenvalue weighted by atomic mass is 32.2. The maximum Gasteiger partial charge on any atom is 0.417 e. The molecule has 1 aliphatic heterocycles. The number of hydrogen-bond donors (Lipinski definition) is 2. The SMILES string of the molecule is CC1CCN(Cc2ccc(NS(=O)(=O)c3ccc4[nH]c(=O)oc4c3)cc2)CC1. The molecule has 3 aromatic rings. The molecule has 1 saturated heterocycles. The molecule has 4 rings (SSSR count). The molecule has 0 amide bonds. The molecule has 1 aliphatic rings. The molecule has 0 atom stereocenters. The Balaban J connectivity index is 1.45. The largest absolute Gasteiger partial charge is 0.417 e. The maximum atomic E-state index is 12.6. The second-order valence-electron chi connectivity index (χ2n) is 7.43. The number of nitrogens with one attached hydrogen (secondary N) is 2. The van der Waals surface area contributed by atoms with Gasteiger partial charge in [-0.15, -0.1) is 0 Å². The highest BCUT2D eigenvalue weighted by molar-refractivity contribution is 7.92. The molecular formula is C20H23N3O4S. The van der Waals surface area contributed by atoms with Crippen molar-refractivity contribution < 1.29 is 12.8 Å². The van der Waals surface area contributed by atoms with Crippen LogP contribution in [0.2, 0.25) is 0 Å². The van der Waals surface area contributed by atoms with Crippen LogP contribution in [0.15, 0.2) is 56.6 Å². The summed E-state index contributed by atoms with van der Waals surface area (Å²) in [6.45, 7) is 5.38. The van der Waals surface area contributed by atoms with E-state index in [0.717, 1.165) is 31.1 Å². The van der Waals surface area contributed by atoms with Crippen LogP contribution in [-0.4, -0.2) is 31.4 Å². The van der Waals surface area contributed by atoms with Crippen LogP contribution in [0.4, 0.5) is 5.69 Å². The number of piperidine rings is 1. The van der Waals surface area contributed by atoms with Crippen molar-refractivity contribution in [3.63, 3.8) is 0 Å². The summed E-state index contributed by atoms with van der Waals surface area (Å²) in [7, 11) is -3.78. The third kappa shape index (κ3) is 4.13. The summed E-state index contributed by atoms with van der Waals surface area (Å²) in [5, 5.41) is 0. The second-order valence-corrected chi connectivity index (χ2v) is 9.12. The number of nitrogens with zero attached hydrogens (tertiary/aromatic N) is 1. The number of benzene rings is 2. The van der Waals surface area contributed by atoms with Gasteiger partial charge in [0.15, 0.2) is 5.58 Å². The lowest BCUT2D eigenvalue weighted by Crippen LogP contribution is -2.32. The van der Waals surface area contributed by atoms with Gasteiger partial charge in [0.05, 0.1) is 10.4 Å². The zero-order valence-electron chi connectivity index (χ0n) is 15.6. The first-order chi connectivity index (χ1) is 13.4. The number of rotatable bonds is 5. The van der Waals surface area contributed by atoms with Crippen molar-refractivity contribution in [2.24, 2.45) is 5.92 Å². The van der Waals surface area contributed by atoms with E-state index in [2.05, 4.69) is 21.5 Å². The highest BCUT2D eigenvalue weighted by Gasteiger charge is 2.17. The summed E-state index contributed by atoms with van der Waals surface area (Å²) in [5.74, 6) is 0.183. The van der Waals surface area contributed by atoms with Gasteiger partial charge in [0.2, 0.25) is 0 Å². The van der Waals surface area contributed by atoms with Crippen molar-refractivity contribution in [1.29, 1.82) is 0 Å². The molecule has 1 aromatic heterocycles. The number of oxazole rings is 1. The van der Waals surface area contributed by atoms with Gasteiger partial charge in [-0.05, 0) is 61.7 Å². The molecule has 8 heteroatoms. The van der Waals surface area contributed by atoms with Gasteiger partial charge in [0, 0.05) is 18.3 Å². The lowest BCUT2D eigenvalue weighted by Gasteiger charge is -2.30. The molecule has 0 saturated carbocycles. The van der Waals surface area contributed by atoms with Crippen LogP contribution in [0.25, 0.3) is 11.1 Å². The standard InChI is InChI=1S/C20H23N3O4S/c1-14-8-10-23(11-9-14)13-15-2-4-16(5-3-15)22-28(25,26)17-6-7-18-19(12-17)27-20(24)21-18/h2-7,12,14,22H,8-11,13H2,1H3,(H,21,24). The summed E-state index contributed by atoms with van der Waals surface area (Å²) in [6.07, 6.45) is 2.45. The van der Waals surface area contributed by atoms with Crippen LogP contribution >= 0.6 is 0 Å². The minimum atomic E-state index is -3.78. The normalized spacial score (nSPS) is 16.5. The zero-order chi connectivity index (χ0) is 19.7. The van der Waals surface area contributed by atoms with E-state index in [1.54, 1.807) is 12.1 Å². The molecule has 2 N–H and O–H groups in total. The number of fused-ring (bicyclic) bond motifs is 1. The molecule has 148 valence electrons. The summed E-state index contributed by atoms with van der Waals surface area (Å²) >= 11 is 0. The van der Waals surface area contributed by atoms with E-state index in [1.807, 2.05) is 12.1 Å². The average Bonchev–Trinajstić information content (AvgIpc) is 3.04. The van der Waals surface area contributed by atoms with Crippen molar-refractivity contribution in [3.8, 4) is 0 Å². The van der Waals surface area contributed by atoms with Gasteiger partial charge < -0.3 is 4.42 Å². The molecule has 0 unspecified atom stereocenters. The first-order valence-corrected chi connectivity index (χ1v) is 10.8. The Morgan fingerprint density at radius 2 is 1.86 bits per heavy atom. The molecule has 2 heterocycles. The smallest absolute Gasteiger partial charge is 0.408 e. The fourth-order valence-electron chi connectivity index (χ4n) is 3.46. The molecule has 1 fully saturated rings. The predicted molar refractivity (Wildman–Crippen MR) is 108 cm³/mol. The van der Waals surface area contributed by atoms with E-state index >= 15 is 0 Å². The summed E-state index contributed by atoms with van der Waals surface area (Å²) < 4.78 is 32.8. The van der Waals surface area contributed by atoms with Crippen LogP contribution in [-0.2, 0) is 16.6 Å². The predicted octanol–water partition coefficient (Wildman–Crippen LogP) is 3.15. The Hall–Kier alpha value is -2.58. The Bertz CT molecular complexity index is 1120. The number of aromatic amines is 1. The minimum absolute atomic E-state index is 0.0364. The summed E-state index contributed by atoms with van der Waals surface area (Å²) in [5.41, 5.74) is 2.32. The van der Waals surface area contributed by atoms with Gasteiger partial charge >= 0.3 is 5.76 Å². The monoisotopic (exact) mass is 401 g/mol. The molecule has 2 aromatic carbocycles. The van der Waals surface area contributed by atoms with Crippen molar-refractivity contribution in [3.05, 3.63) is 58.6 Å². The number of likely N-dealkylation sites (tertiary alicyclic amines) is 1. The number of hydrogen-bond acceptors (Lipinski definition) is 5. The van der Waals surface area contributed by atoms with Crippen molar-refractivity contribution >= 4 is 26.8 Å². The topological polar surface area (TPSA) is 95.4 Å². The van der Waals surface area contributed by atoms with E-state index in [-0.39, 0.29) is 10.5 Å². The van der Waals surface area contributed by atoms with Crippen molar-refractivity contribution in [2.75, 3.05) is 17.8 Å². The highest BCUT2D eigenvalue weighted by Crippen LogP contribution is 2.22. The third-order valence-corrected chi connectivity index (χ3v) is 6.57. The number of aromatic nitrogens is 1. The average molecular weight is 401 g/mol. The number of H-pyrrole nitrogens is 1. The molecule has 0 spiro atoms. The van der Waals surface area contributed by atoms with E-state index in [4.69, 9.17) is 4.42 Å². The van der Waals surface area contributed by atoms with E-state index in [9.17, 15) is 13.2 Å². The first kappa shape index (κ1) is 18.8. The summed E-state index contributed by atoms with van der Waals surface area (Å²) in [4.78, 5) is 16.2. The lowest BCUT2D eigenvalue weighted by atomic mass is 9.99. The molecular weight excluding hydrogens is 378 g/mol. The van der Waals surface area contributed by atoms with Crippen LogP contribution in [0.3, 0.4) is 0 Å². The molecule has 0 bridgehead atoms. The van der Waals surface area contributed by atoms with Crippen molar-refractivity contribution in [1.82, 2.24) is 9.88 Å². The van der Waals surface area contributed by atoms with Crippen LogP contribution < -0.4 is 10.5 Å². The van der Waals surface area contributed by atoms with E-state index in [0.29, 0.717) is 11.2 Å². The molecule has 0 radical (unpaired) electrons. The first-order valence-electron chi connectivity index (χ1n) is 9.36. The lowest BCUT2D eigenvalue weighted by molar-refractivity contribution is 0.185. The van der Waals surface area contributed by atoms with E-state index in [1.165, 1.54) is 31.0 Å². The molecule has 0 aliphatic carbocycles.